The molecule has 2 aliphatic heterocycles. The van der Waals surface area contributed by atoms with Crippen LogP contribution >= 0.6 is 0 Å². The van der Waals surface area contributed by atoms with Crippen LogP contribution in [0, 0.1) is 13.8 Å². The molecule has 31 heavy (non-hydrogen) atoms. The number of aryl methyl sites for hydroxylation is 2. The van der Waals surface area contributed by atoms with Crippen LogP contribution < -0.4 is 0 Å². The Hall–Kier alpha value is -1.68. The van der Waals surface area contributed by atoms with Gasteiger partial charge in [-0.15, -0.1) is 0 Å². The molecule has 2 saturated heterocycles. The number of hydrogen-bond acceptors (Lipinski definition) is 3. The van der Waals surface area contributed by atoms with Crippen molar-refractivity contribution < 1.29 is 14.2 Å². The Morgan fingerprint density at radius 3 is 1.32 bits per heavy atom. The second-order valence-corrected chi connectivity index (χ2v) is 11.1. The minimum absolute atomic E-state index is 0.178. The number of epoxide rings is 2. The van der Waals surface area contributed by atoms with Gasteiger partial charge in [-0.25, -0.2) is 0 Å². The standard InChI is InChI=1S/C22H30.C6H10O3/c1-15-9-17(13-19(11-15)21(3,4)5)18-10-16(2)12-20(14-18)22(6,7)8;1(5-3-8-5)7-2-6-4-9-6/h9-14H,1-8H3;5-6H,1-4H2. The summed E-state index contributed by atoms with van der Waals surface area (Å²) in [5.41, 5.74) is 8.50. The van der Waals surface area contributed by atoms with E-state index in [1.807, 2.05) is 0 Å². The monoisotopic (exact) mass is 424 g/mol. The molecule has 0 amide bonds. The third kappa shape index (κ3) is 7.75. The summed E-state index contributed by atoms with van der Waals surface area (Å²) >= 11 is 0. The second kappa shape index (κ2) is 9.44. The van der Waals surface area contributed by atoms with Crippen LogP contribution in [0.3, 0.4) is 0 Å². The number of ether oxygens (including phenoxy) is 3. The van der Waals surface area contributed by atoms with Crippen molar-refractivity contribution in [3.05, 3.63) is 58.7 Å². The molecule has 0 N–H and O–H groups in total. The summed E-state index contributed by atoms with van der Waals surface area (Å²) in [6.07, 6.45) is 0.785. The van der Waals surface area contributed by atoms with E-state index in [0.717, 1.165) is 26.4 Å². The summed E-state index contributed by atoms with van der Waals surface area (Å²) < 4.78 is 15.1. The highest BCUT2D eigenvalue weighted by atomic mass is 16.6. The highest BCUT2D eigenvalue weighted by Crippen LogP contribution is 2.32. The van der Waals surface area contributed by atoms with E-state index in [1.54, 1.807) is 0 Å². The van der Waals surface area contributed by atoms with E-state index in [1.165, 1.54) is 33.4 Å². The van der Waals surface area contributed by atoms with E-state index in [-0.39, 0.29) is 10.8 Å². The normalized spacial score (nSPS) is 20.1. The van der Waals surface area contributed by atoms with Gasteiger partial charge in [-0.2, -0.15) is 0 Å². The third-order valence-corrected chi connectivity index (χ3v) is 5.63. The molecule has 2 aromatic rings. The van der Waals surface area contributed by atoms with Gasteiger partial charge in [0.1, 0.15) is 12.2 Å². The molecular formula is C28H40O3. The van der Waals surface area contributed by atoms with Crippen molar-refractivity contribution in [3.8, 4) is 11.1 Å². The van der Waals surface area contributed by atoms with Gasteiger partial charge in [-0.05, 0) is 46.9 Å². The first-order valence-corrected chi connectivity index (χ1v) is 11.5. The van der Waals surface area contributed by atoms with E-state index in [2.05, 4.69) is 91.8 Å². The van der Waals surface area contributed by atoms with Crippen molar-refractivity contribution in [3.63, 3.8) is 0 Å². The number of benzene rings is 2. The van der Waals surface area contributed by atoms with Gasteiger partial charge in [-0.1, -0.05) is 89.1 Å². The Labute approximate surface area is 189 Å². The van der Waals surface area contributed by atoms with Gasteiger partial charge in [0, 0.05) is 0 Å². The average Bonchev–Trinajstić information content (AvgIpc) is 3.56. The van der Waals surface area contributed by atoms with Crippen LogP contribution in [-0.2, 0) is 25.0 Å². The summed E-state index contributed by atoms with van der Waals surface area (Å²) in [7, 11) is 0. The molecular weight excluding hydrogens is 384 g/mol. The zero-order chi connectivity index (χ0) is 22.8. The number of hydrogen-bond donors (Lipinski definition) is 0. The molecule has 0 saturated carbocycles. The maximum Gasteiger partial charge on any atom is 0.104 e. The largest absolute Gasteiger partial charge is 0.376 e. The summed E-state index contributed by atoms with van der Waals surface area (Å²) in [5.74, 6) is 0. The maximum atomic E-state index is 5.23. The predicted molar refractivity (Wildman–Crippen MR) is 129 cm³/mol. The van der Waals surface area contributed by atoms with E-state index >= 15 is 0 Å². The van der Waals surface area contributed by atoms with Crippen molar-refractivity contribution in [2.45, 2.75) is 78.4 Å². The first kappa shape index (κ1) is 24.0. The fraction of sp³-hybridized carbons (Fsp3) is 0.571. The summed E-state index contributed by atoms with van der Waals surface area (Å²) in [5, 5.41) is 0. The van der Waals surface area contributed by atoms with E-state index < -0.39 is 0 Å². The summed E-state index contributed by atoms with van der Waals surface area (Å²) in [6, 6.07) is 13.9. The molecule has 170 valence electrons. The first-order chi connectivity index (χ1) is 14.4. The zero-order valence-electron chi connectivity index (χ0n) is 20.7. The quantitative estimate of drug-likeness (QED) is 0.523. The third-order valence-electron chi connectivity index (χ3n) is 5.63. The van der Waals surface area contributed by atoms with Gasteiger partial charge in [0.2, 0.25) is 0 Å². The Morgan fingerprint density at radius 2 is 1.03 bits per heavy atom. The average molecular weight is 425 g/mol. The van der Waals surface area contributed by atoms with E-state index in [0.29, 0.717) is 12.2 Å². The van der Waals surface area contributed by atoms with Crippen LogP contribution in [0.2, 0.25) is 0 Å². The SMILES string of the molecule is C(OCC1CO1)C1CO1.Cc1cc(-c2cc(C)cc(C(C)(C)C)c2)cc(C(C)(C)C)c1. The molecule has 3 heteroatoms. The molecule has 0 spiro atoms. The summed E-state index contributed by atoms with van der Waals surface area (Å²) in [6.45, 7) is 21.3. The lowest BCUT2D eigenvalue weighted by molar-refractivity contribution is 0.102. The van der Waals surface area contributed by atoms with E-state index in [4.69, 9.17) is 14.2 Å². The zero-order valence-corrected chi connectivity index (χ0v) is 20.7. The smallest absolute Gasteiger partial charge is 0.104 e. The maximum absolute atomic E-state index is 5.23. The van der Waals surface area contributed by atoms with Crippen molar-refractivity contribution in [2.75, 3.05) is 26.4 Å². The summed E-state index contributed by atoms with van der Waals surface area (Å²) in [4.78, 5) is 0. The van der Waals surface area contributed by atoms with Crippen LogP contribution in [0.25, 0.3) is 11.1 Å². The van der Waals surface area contributed by atoms with Gasteiger partial charge in [0.25, 0.3) is 0 Å². The van der Waals surface area contributed by atoms with Crippen LogP contribution in [-0.4, -0.2) is 38.6 Å². The van der Waals surface area contributed by atoms with Gasteiger partial charge in [0.05, 0.1) is 26.4 Å². The lowest BCUT2D eigenvalue weighted by Gasteiger charge is -2.23. The molecule has 0 aromatic heterocycles. The minimum atomic E-state index is 0.178. The topological polar surface area (TPSA) is 34.3 Å². The predicted octanol–water partition coefficient (Wildman–Crippen LogP) is 6.37. The highest BCUT2D eigenvalue weighted by molar-refractivity contribution is 5.67. The fourth-order valence-corrected chi connectivity index (χ4v) is 3.43. The van der Waals surface area contributed by atoms with Crippen molar-refractivity contribution >= 4 is 0 Å². The molecule has 2 atom stereocenters. The molecule has 2 aliphatic rings. The molecule has 2 fully saturated rings. The first-order valence-electron chi connectivity index (χ1n) is 11.5. The molecule has 0 bridgehead atoms. The molecule has 0 aliphatic carbocycles. The van der Waals surface area contributed by atoms with Crippen molar-refractivity contribution in [1.29, 1.82) is 0 Å². The molecule has 3 nitrogen and oxygen atoms in total. The van der Waals surface area contributed by atoms with Gasteiger partial charge >= 0.3 is 0 Å². The van der Waals surface area contributed by atoms with Crippen LogP contribution in [0.1, 0.15) is 63.8 Å². The Kier molecular flexibility index (Phi) is 7.30. The molecule has 0 radical (unpaired) electrons. The lowest BCUT2D eigenvalue weighted by atomic mass is 9.82. The Balaban J connectivity index is 0.000000248. The molecule has 4 rings (SSSR count). The second-order valence-electron chi connectivity index (χ2n) is 11.1. The molecule has 2 heterocycles. The van der Waals surface area contributed by atoms with Gasteiger partial charge in [0.15, 0.2) is 0 Å². The van der Waals surface area contributed by atoms with Crippen molar-refractivity contribution in [2.24, 2.45) is 0 Å². The highest BCUT2D eigenvalue weighted by Gasteiger charge is 2.26. The molecule has 2 unspecified atom stereocenters. The van der Waals surface area contributed by atoms with Crippen LogP contribution in [0.5, 0.6) is 0 Å². The minimum Gasteiger partial charge on any atom is -0.376 e. The van der Waals surface area contributed by atoms with Crippen LogP contribution in [0.15, 0.2) is 36.4 Å². The Morgan fingerprint density at radius 1 is 0.677 bits per heavy atom. The van der Waals surface area contributed by atoms with Crippen molar-refractivity contribution in [1.82, 2.24) is 0 Å². The van der Waals surface area contributed by atoms with Crippen LogP contribution in [0.4, 0.5) is 0 Å². The number of rotatable bonds is 5. The fourth-order valence-electron chi connectivity index (χ4n) is 3.43. The van der Waals surface area contributed by atoms with E-state index in [9.17, 15) is 0 Å². The lowest BCUT2D eigenvalue weighted by Crippen LogP contribution is -2.12. The van der Waals surface area contributed by atoms with Gasteiger partial charge < -0.3 is 14.2 Å². The molecule has 2 aromatic carbocycles. The van der Waals surface area contributed by atoms with Gasteiger partial charge in [-0.3, -0.25) is 0 Å². The Bertz CT molecular complexity index is 805.